The summed E-state index contributed by atoms with van der Waals surface area (Å²) < 4.78 is 11.5. The van der Waals surface area contributed by atoms with Crippen molar-refractivity contribution in [2.45, 2.75) is 39.6 Å². The third-order valence-electron chi connectivity index (χ3n) is 3.81. The van der Waals surface area contributed by atoms with Crippen molar-refractivity contribution in [1.82, 2.24) is 0 Å². The second-order valence-corrected chi connectivity index (χ2v) is 5.96. The summed E-state index contributed by atoms with van der Waals surface area (Å²) in [5, 5.41) is 9.40. The molecule has 0 aromatic heterocycles. The first-order valence-electron chi connectivity index (χ1n) is 8.24. The van der Waals surface area contributed by atoms with Gasteiger partial charge in [-0.3, -0.25) is 0 Å². The van der Waals surface area contributed by atoms with Gasteiger partial charge in [0.1, 0.15) is 0 Å². The molecular formula is C20H28O4. The number of ether oxygens (including phenoxy) is 2. The second kappa shape index (κ2) is 10.8. The molecule has 0 saturated carbocycles. The monoisotopic (exact) mass is 332 g/mol. The Balaban J connectivity index is 2.56. The third kappa shape index (κ3) is 6.69. The minimum absolute atomic E-state index is 0.00543. The van der Waals surface area contributed by atoms with E-state index in [2.05, 4.69) is 6.58 Å². The van der Waals surface area contributed by atoms with Crippen LogP contribution in [0.15, 0.2) is 55.1 Å². The predicted molar refractivity (Wildman–Crippen MR) is 95.7 cm³/mol. The fourth-order valence-corrected chi connectivity index (χ4v) is 2.43. The molecule has 4 nitrogen and oxygen atoms in total. The molecule has 0 amide bonds. The zero-order valence-electron chi connectivity index (χ0n) is 14.7. The first kappa shape index (κ1) is 20.1. The van der Waals surface area contributed by atoms with Gasteiger partial charge in [0.05, 0.1) is 19.3 Å². The van der Waals surface area contributed by atoms with Gasteiger partial charge in [0.25, 0.3) is 0 Å². The molecule has 1 aromatic rings. The Bertz CT molecular complexity index is 524. The highest BCUT2D eigenvalue weighted by atomic mass is 16.5. The lowest BCUT2D eigenvalue weighted by Crippen LogP contribution is -2.36. The largest absolute Gasteiger partial charge is 0.479 e. The number of carboxylic acid groups (broad SMARTS) is 1. The highest BCUT2D eigenvalue weighted by Crippen LogP contribution is 2.18. The van der Waals surface area contributed by atoms with E-state index in [9.17, 15) is 9.90 Å². The Labute approximate surface area is 144 Å². The molecule has 0 aliphatic rings. The quantitative estimate of drug-likeness (QED) is 0.621. The van der Waals surface area contributed by atoms with Crippen molar-refractivity contribution in [2.75, 3.05) is 6.61 Å². The van der Waals surface area contributed by atoms with Crippen LogP contribution in [0.25, 0.3) is 0 Å². The lowest BCUT2D eigenvalue weighted by molar-refractivity contribution is -0.157. The summed E-state index contributed by atoms with van der Waals surface area (Å²) in [6.45, 7) is 10.4. The first-order valence-corrected chi connectivity index (χ1v) is 8.24. The molecule has 0 heterocycles. The number of rotatable bonds is 11. The van der Waals surface area contributed by atoms with Gasteiger partial charge >= 0.3 is 5.97 Å². The van der Waals surface area contributed by atoms with Gasteiger partial charge in [0, 0.05) is 11.8 Å². The van der Waals surface area contributed by atoms with Gasteiger partial charge in [-0.1, -0.05) is 62.4 Å². The van der Waals surface area contributed by atoms with Crippen LogP contribution in [-0.2, 0) is 20.9 Å². The highest BCUT2D eigenvalue weighted by molar-refractivity contribution is 5.73. The molecule has 0 spiro atoms. The molecule has 1 rings (SSSR count). The van der Waals surface area contributed by atoms with Crippen LogP contribution in [0.1, 0.15) is 26.3 Å². The van der Waals surface area contributed by atoms with E-state index in [-0.39, 0.29) is 17.9 Å². The van der Waals surface area contributed by atoms with E-state index < -0.39 is 12.1 Å². The molecule has 0 saturated heterocycles. The van der Waals surface area contributed by atoms with Crippen LogP contribution < -0.4 is 0 Å². The van der Waals surface area contributed by atoms with E-state index in [1.807, 2.05) is 63.3 Å². The van der Waals surface area contributed by atoms with E-state index in [0.717, 1.165) is 5.56 Å². The maximum absolute atomic E-state index is 11.5. The summed E-state index contributed by atoms with van der Waals surface area (Å²) in [5.41, 5.74) is 1.10. The zero-order chi connectivity index (χ0) is 17.9. The third-order valence-corrected chi connectivity index (χ3v) is 3.81. The Morgan fingerprint density at radius 3 is 2.50 bits per heavy atom. The molecule has 132 valence electrons. The molecule has 24 heavy (non-hydrogen) atoms. The van der Waals surface area contributed by atoms with E-state index >= 15 is 0 Å². The zero-order valence-corrected chi connectivity index (χ0v) is 14.7. The summed E-state index contributed by atoms with van der Waals surface area (Å²) in [7, 11) is 0. The van der Waals surface area contributed by atoms with Crippen LogP contribution in [-0.4, -0.2) is 29.9 Å². The van der Waals surface area contributed by atoms with Gasteiger partial charge in [-0.25, -0.2) is 4.79 Å². The number of aliphatic carboxylic acids is 1. The summed E-state index contributed by atoms with van der Waals surface area (Å²) in [6, 6.07) is 9.91. The van der Waals surface area contributed by atoms with Crippen molar-refractivity contribution in [3.63, 3.8) is 0 Å². The SMILES string of the molecule is C=C[C@H](O[C@H](C(=O)O)[C@H](C)/C=C/C)[C@H](C)COCc1ccccc1. The Kier molecular flexibility index (Phi) is 9.05. The lowest BCUT2D eigenvalue weighted by Gasteiger charge is -2.27. The van der Waals surface area contributed by atoms with E-state index in [1.54, 1.807) is 6.08 Å². The first-order chi connectivity index (χ1) is 11.5. The molecule has 0 radical (unpaired) electrons. The molecule has 0 unspecified atom stereocenters. The van der Waals surface area contributed by atoms with Crippen LogP contribution in [0.5, 0.6) is 0 Å². The van der Waals surface area contributed by atoms with Crippen molar-refractivity contribution in [2.24, 2.45) is 11.8 Å². The summed E-state index contributed by atoms with van der Waals surface area (Å²) in [5.74, 6) is -1.18. The Hall–Kier alpha value is -1.91. The highest BCUT2D eigenvalue weighted by Gasteiger charge is 2.28. The minimum atomic E-state index is -0.968. The maximum Gasteiger partial charge on any atom is 0.333 e. The molecule has 0 bridgehead atoms. The lowest BCUT2D eigenvalue weighted by atomic mass is 10.0. The topological polar surface area (TPSA) is 55.8 Å². The van der Waals surface area contributed by atoms with Crippen LogP contribution in [0.3, 0.4) is 0 Å². The van der Waals surface area contributed by atoms with Crippen LogP contribution in [0.4, 0.5) is 0 Å². The van der Waals surface area contributed by atoms with Crippen molar-refractivity contribution in [3.05, 3.63) is 60.7 Å². The van der Waals surface area contributed by atoms with Gasteiger partial charge in [-0.2, -0.15) is 0 Å². The predicted octanol–water partition coefficient (Wildman–Crippen LogP) is 4.08. The van der Waals surface area contributed by atoms with Crippen LogP contribution >= 0.6 is 0 Å². The number of hydrogen-bond acceptors (Lipinski definition) is 3. The molecule has 0 fully saturated rings. The van der Waals surface area contributed by atoms with E-state index in [0.29, 0.717) is 13.2 Å². The van der Waals surface area contributed by atoms with Gasteiger partial charge in [0.15, 0.2) is 6.10 Å². The minimum Gasteiger partial charge on any atom is -0.479 e. The standard InChI is InChI=1S/C20H28O4/c1-5-10-15(3)19(20(21)22)24-18(6-2)16(4)13-23-14-17-11-8-7-9-12-17/h5-12,15-16,18-19H,2,13-14H2,1,3-4H3,(H,21,22)/b10-5+/t15-,16-,18+,19+/m1/s1. The van der Waals surface area contributed by atoms with Crippen molar-refractivity contribution in [1.29, 1.82) is 0 Å². The summed E-state index contributed by atoms with van der Waals surface area (Å²) in [4.78, 5) is 11.5. The number of hydrogen-bond donors (Lipinski definition) is 1. The molecule has 1 aromatic carbocycles. The molecule has 0 aliphatic carbocycles. The normalized spacial score (nSPS) is 16.5. The smallest absolute Gasteiger partial charge is 0.333 e. The number of benzene rings is 1. The molecule has 0 aliphatic heterocycles. The Morgan fingerprint density at radius 1 is 1.29 bits per heavy atom. The molecule has 1 N–H and O–H groups in total. The van der Waals surface area contributed by atoms with Gasteiger partial charge in [0.2, 0.25) is 0 Å². The average molecular weight is 332 g/mol. The summed E-state index contributed by atoms with van der Waals surface area (Å²) >= 11 is 0. The van der Waals surface area contributed by atoms with Gasteiger partial charge < -0.3 is 14.6 Å². The van der Waals surface area contributed by atoms with E-state index in [4.69, 9.17) is 9.47 Å². The van der Waals surface area contributed by atoms with Crippen molar-refractivity contribution in [3.8, 4) is 0 Å². The molecule has 4 heteroatoms. The fraction of sp³-hybridized carbons (Fsp3) is 0.450. The molecule has 4 atom stereocenters. The second-order valence-electron chi connectivity index (χ2n) is 5.96. The average Bonchev–Trinajstić information content (AvgIpc) is 2.56. The molecular weight excluding hydrogens is 304 g/mol. The van der Waals surface area contributed by atoms with Crippen LogP contribution in [0.2, 0.25) is 0 Å². The van der Waals surface area contributed by atoms with Gasteiger partial charge in [-0.05, 0) is 12.5 Å². The van der Waals surface area contributed by atoms with Crippen molar-refractivity contribution >= 4 is 5.97 Å². The van der Waals surface area contributed by atoms with Crippen molar-refractivity contribution < 1.29 is 19.4 Å². The fourth-order valence-electron chi connectivity index (χ4n) is 2.43. The summed E-state index contributed by atoms with van der Waals surface area (Å²) in [6.07, 6.45) is 4.03. The van der Waals surface area contributed by atoms with Crippen LogP contribution in [0, 0.1) is 11.8 Å². The van der Waals surface area contributed by atoms with E-state index in [1.165, 1.54) is 0 Å². The maximum atomic E-state index is 11.5. The number of carboxylic acids is 1. The van der Waals surface area contributed by atoms with Gasteiger partial charge in [-0.15, -0.1) is 6.58 Å². The number of carbonyl (C=O) groups is 1. The number of allylic oxidation sites excluding steroid dienone is 1. The Morgan fingerprint density at radius 2 is 1.96 bits per heavy atom.